The lowest BCUT2D eigenvalue weighted by atomic mass is 10.1. The van der Waals surface area contributed by atoms with E-state index in [1.165, 1.54) is 12.1 Å². The first-order valence-corrected chi connectivity index (χ1v) is 9.53. The number of carbonyl (C=O) groups is 2. The molecule has 4 rings (SSSR count). The molecule has 0 spiro atoms. The molecule has 9 heteroatoms. The van der Waals surface area contributed by atoms with Gasteiger partial charge in [-0.15, -0.1) is 0 Å². The summed E-state index contributed by atoms with van der Waals surface area (Å²) in [6.45, 7) is 3.38. The number of carbonyl (C=O) groups excluding carboxylic acids is 2. The van der Waals surface area contributed by atoms with Gasteiger partial charge in [-0.05, 0) is 43.7 Å². The molecule has 0 saturated heterocycles. The molecule has 0 radical (unpaired) electrons. The summed E-state index contributed by atoms with van der Waals surface area (Å²) in [6.07, 6.45) is 0. The van der Waals surface area contributed by atoms with E-state index in [2.05, 4.69) is 25.8 Å². The number of nitrogens with one attached hydrogen (secondary N) is 4. The number of anilines is 1. The van der Waals surface area contributed by atoms with Crippen molar-refractivity contribution in [3.63, 3.8) is 0 Å². The number of amides is 2. The van der Waals surface area contributed by atoms with Crippen LogP contribution in [0.15, 0.2) is 52.1 Å². The highest BCUT2D eigenvalue weighted by Crippen LogP contribution is 2.18. The number of nitrogens with zero attached hydrogens (tertiary/aromatic N) is 1. The highest BCUT2D eigenvalue weighted by Gasteiger charge is 2.15. The van der Waals surface area contributed by atoms with Gasteiger partial charge in [0.2, 0.25) is 5.91 Å². The molecule has 156 valence electrons. The monoisotopic (exact) mass is 417 g/mol. The molecule has 9 nitrogen and oxygen atoms in total. The predicted molar refractivity (Wildman–Crippen MR) is 117 cm³/mol. The lowest BCUT2D eigenvalue weighted by Gasteiger charge is -2.10. The van der Waals surface area contributed by atoms with E-state index in [-0.39, 0.29) is 23.0 Å². The minimum absolute atomic E-state index is 0.0655. The fourth-order valence-electron chi connectivity index (χ4n) is 3.39. The van der Waals surface area contributed by atoms with Crippen molar-refractivity contribution in [1.29, 1.82) is 0 Å². The first-order chi connectivity index (χ1) is 14.8. The number of rotatable bonds is 4. The second kappa shape index (κ2) is 7.86. The molecule has 0 bridgehead atoms. The lowest BCUT2D eigenvalue weighted by Crippen LogP contribution is -2.33. The first-order valence-electron chi connectivity index (χ1n) is 9.53. The van der Waals surface area contributed by atoms with Crippen LogP contribution < -0.4 is 21.8 Å². The Kier molecular flexibility index (Phi) is 5.08. The van der Waals surface area contributed by atoms with Crippen LogP contribution >= 0.6 is 0 Å². The third-order valence-electron chi connectivity index (χ3n) is 4.92. The Morgan fingerprint density at radius 2 is 1.77 bits per heavy atom. The zero-order valence-corrected chi connectivity index (χ0v) is 16.8. The average Bonchev–Trinajstić information content (AvgIpc) is 2.74. The number of aromatic amines is 2. The van der Waals surface area contributed by atoms with Gasteiger partial charge in [0, 0.05) is 5.39 Å². The SMILES string of the molecule is Cc1ccc2cc(C(=O)NCC(=O)Nc3cccc4c(=O)[nH][nH]c(=O)c34)c(C)nc2c1. The fourth-order valence-corrected chi connectivity index (χ4v) is 3.39. The molecular weight excluding hydrogens is 398 g/mol. The van der Waals surface area contributed by atoms with Gasteiger partial charge in [0.25, 0.3) is 17.0 Å². The van der Waals surface area contributed by atoms with Crippen molar-refractivity contribution in [3.8, 4) is 0 Å². The summed E-state index contributed by atoms with van der Waals surface area (Å²) < 4.78 is 0. The van der Waals surface area contributed by atoms with Crippen LogP contribution in [0.25, 0.3) is 21.7 Å². The number of pyridine rings is 1. The van der Waals surface area contributed by atoms with Crippen LogP contribution in [0, 0.1) is 13.8 Å². The third-order valence-corrected chi connectivity index (χ3v) is 4.92. The normalized spacial score (nSPS) is 10.9. The Bertz CT molecular complexity index is 1470. The summed E-state index contributed by atoms with van der Waals surface area (Å²) in [5.41, 5.74) is 1.96. The number of hydrogen-bond acceptors (Lipinski definition) is 5. The largest absolute Gasteiger partial charge is 0.343 e. The topological polar surface area (TPSA) is 137 Å². The molecule has 0 fully saturated rings. The molecular formula is C22H19N5O4. The molecule has 0 atom stereocenters. The molecule has 0 saturated carbocycles. The number of aromatic nitrogens is 3. The van der Waals surface area contributed by atoms with Gasteiger partial charge in [-0.2, -0.15) is 0 Å². The Labute approximate surface area is 175 Å². The predicted octanol–water partition coefficient (Wildman–Crippen LogP) is 1.75. The summed E-state index contributed by atoms with van der Waals surface area (Å²) >= 11 is 0. The van der Waals surface area contributed by atoms with Gasteiger partial charge in [-0.3, -0.25) is 34.4 Å². The Morgan fingerprint density at radius 3 is 2.58 bits per heavy atom. The highest BCUT2D eigenvalue weighted by molar-refractivity contribution is 6.04. The summed E-state index contributed by atoms with van der Waals surface area (Å²) in [5.74, 6) is -0.975. The molecule has 31 heavy (non-hydrogen) atoms. The molecule has 0 aliphatic carbocycles. The second-order valence-electron chi connectivity index (χ2n) is 7.18. The van der Waals surface area contributed by atoms with Crippen molar-refractivity contribution in [2.45, 2.75) is 13.8 Å². The maximum atomic E-state index is 12.6. The van der Waals surface area contributed by atoms with Crippen molar-refractivity contribution in [1.82, 2.24) is 20.5 Å². The summed E-state index contributed by atoms with van der Waals surface area (Å²) in [4.78, 5) is 53.4. The van der Waals surface area contributed by atoms with E-state index in [1.807, 2.05) is 25.1 Å². The molecule has 0 unspecified atom stereocenters. The fraction of sp³-hybridized carbons (Fsp3) is 0.136. The molecule has 4 N–H and O–H groups in total. The molecule has 2 aromatic carbocycles. The van der Waals surface area contributed by atoms with Gasteiger partial charge in [-0.25, -0.2) is 0 Å². The van der Waals surface area contributed by atoms with E-state index in [9.17, 15) is 19.2 Å². The van der Waals surface area contributed by atoms with Crippen molar-refractivity contribution in [3.05, 3.63) is 80.0 Å². The van der Waals surface area contributed by atoms with Crippen LogP contribution in [0.2, 0.25) is 0 Å². The van der Waals surface area contributed by atoms with E-state index in [4.69, 9.17) is 0 Å². The highest BCUT2D eigenvalue weighted by atomic mass is 16.2. The van der Waals surface area contributed by atoms with E-state index in [1.54, 1.807) is 19.1 Å². The maximum absolute atomic E-state index is 12.6. The number of aryl methyl sites for hydroxylation is 2. The lowest BCUT2D eigenvalue weighted by molar-refractivity contribution is -0.115. The summed E-state index contributed by atoms with van der Waals surface area (Å²) in [6, 6.07) is 12.0. The molecule has 2 aromatic heterocycles. The van der Waals surface area contributed by atoms with Gasteiger partial charge < -0.3 is 10.6 Å². The zero-order chi connectivity index (χ0) is 22.1. The van der Waals surface area contributed by atoms with Crippen LogP contribution in [0.3, 0.4) is 0 Å². The van der Waals surface area contributed by atoms with Gasteiger partial charge in [0.05, 0.1) is 39.8 Å². The first kappa shape index (κ1) is 20.0. The van der Waals surface area contributed by atoms with E-state index in [0.717, 1.165) is 16.5 Å². The third kappa shape index (κ3) is 3.93. The van der Waals surface area contributed by atoms with Gasteiger partial charge in [-0.1, -0.05) is 18.2 Å². The van der Waals surface area contributed by atoms with Gasteiger partial charge in [0.1, 0.15) is 0 Å². The van der Waals surface area contributed by atoms with Gasteiger partial charge >= 0.3 is 0 Å². The summed E-state index contributed by atoms with van der Waals surface area (Å²) in [5, 5.41) is 10.6. The van der Waals surface area contributed by atoms with Crippen LogP contribution in [0.4, 0.5) is 5.69 Å². The number of hydrogen-bond donors (Lipinski definition) is 4. The van der Waals surface area contributed by atoms with Crippen molar-refractivity contribution in [2.24, 2.45) is 0 Å². The number of H-pyrrole nitrogens is 2. The molecule has 0 aliphatic heterocycles. The Balaban J connectivity index is 1.51. The van der Waals surface area contributed by atoms with Gasteiger partial charge in [0.15, 0.2) is 0 Å². The van der Waals surface area contributed by atoms with Crippen molar-refractivity contribution >= 4 is 39.2 Å². The summed E-state index contributed by atoms with van der Waals surface area (Å²) in [7, 11) is 0. The van der Waals surface area contributed by atoms with Crippen molar-refractivity contribution in [2.75, 3.05) is 11.9 Å². The second-order valence-corrected chi connectivity index (χ2v) is 7.18. The minimum atomic E-state index is -0.539. The van der Waals surface area contributed by atoms with E-state index in [0.29, 0.717) is 11.3 Å². The molecule has 4 aromatic rings. The van der Waals surface area contributed by atoms with Crippen LogP contribution in [-0.4, -0.2) is 33.5 Å². The number of benzene rings is 2. The number of fused-ring (bicyclic) bond motifs is 2. The zero-order valence-electron chi connectivity index (χ0n) is 16.8. The Morgan fingerprint density at radius 1 is 1.00 bits per heavy atom. The molecule has 2 heterocycles. The quantitative estimate of drug-likeness (QED) is 0.401. The maximum Gasteiger partial charge on any atom is 0.272 e. The molecule has 2 amide bonds. The van der Waals surface area contributed by atoms with Crippen LogP contribution in [0.5, 0.6) is 0 Å². The smallest absolute Gasteiger partial charge is 0.272 e. The van der Waals surface area contributed by atoms with Crippen molar-refractivity contribution < 1.29 is 9.59 Å². The average molecular weight is 417 g/mol. The standard InChI is InChI=1S/C22H19N5O4/c1-11-6-7-13-9-15(12(2)24-17(13)8-11)20(29)23-10-18(28)25-16-5-3-4-14-19(16)22(31)27-26-21(14)30/h3-9H,10H2,1-2H3,(H,23,29)(H,25,28)(H,26,30)(H,27,31). The van der Waals surface area contributed by atoms with E-state index >= 15 is 0 Å². The minimum Gasteiger partial charge on any atom is -0.343 e. The van der Waals surface area contributed by atoms with E-state index < -0.39 is 22.9 Å². The molecule has 0 aliphatic rings. The van der Waals surface area contributed by atoms with Crippen LogP contribution in [0.1, 0.15) is 21.6 Å². The van der Waals surface area contributed by atoms with Crippen LogP contribution in [-0.2, 0) is 4.79 Å². The Hall–Kier alpha value is -4.27.